The van der Waals surface area contributed by atoms with Gasteiger partial charge >= 0.3 is 0 Å². The molecule has 0 aromatic carbocycles. The highest BCUT2D eigenvalue weighted by atomic mass is 79.9. The predicted molar refractivity (Wildman–Crippen MR) is 62.6 cm³/mol. The Morgan fingerprint density at radius 1 is 1.43 bits per heavy atom. The normalized spacial score (nSPS) is 17.3. The lowest BCUT2D eigenvalue weighted by Gasteiger charge is -2.16. The molecule has 82 valence electrons. The van der Waals surface area contributed by atoms with Crippen molar-refractivity contribution in [3.05, 3.63) is 0 Å². The number of nitrogens with zero attached hydrogens (tertiary/aromatic N) is 1. The molecule has 0 radical (unpaired) electrons. The van der Waals surface area contributed by atoms with E-state index in [9.17, 15) is 4.79 Å². The molecule has 1 saturated carbocycles. The minimum atomic E-state index is 0.302. The molecule has 2 nitrogen and oxygen atoms in total. The second kappa shape index (κ2) is 6.44. The number of amides is 1. The van der Waals surface area contributed by atoms with Gasteiger partial charge in [0.1, 0.15) is 0 Å². The van der Waals surface area contributed by atoms with Crippen molar-refractivity contribution in [2.75, 3.05) is 18.9 Å². The predicted octanol–water partition coefficient (Wildman–Crippen LogP) is 2.81. The molecule has 14 heavy (non-hydrogen) atoms. The van der Waals surface area contributed by atoms with Crippen molar-refractivity contribution in [1.82, 2.24) is 4.90 Å². The maximum atomic E-state index is 11.6. The van der Waals surface area contributed by atoms with Crippen LogP contribution in [-0.2, 0) is 4.79 Å². The number of carbonyl (C=O) groups excluding carboxylic acids is 1. The maximum absolute atomic E-state index is 11.6. The van der Waals surface area contributed by atoms with E-state index in [-0.39, 0.29) is 0 Å². The lowest BCUT2D eigenvalue weighted by Crippen LogP contribution is -2.28. The second-order valence-corrected chi connectivity index (χ2v) is 4.99. The van der Waals surface area contributed by atoms with Crippen LogP contribution in [0.25, 0.3) is 0 Å². The van der Waals surface area contributed by atoms with Crippen LogP contribution in [0.5, 0.6) is 0 Å². The SMILES string of the molecule is CN(CCBr)C(=O)CCC1CCCC1. The Morgan fingerprint density at radius 2 is 2.07 bits per heavy atom. The Morgan fingerprint density at radius 3 is 2.64 bits per heavy atom. The number of rotatable bonds is 5. The molecular formula is C11H20BrNO. The number of carbonyl (C=O) groups is 1. The monoisotopic (exact) mass is 261 g/mol. The van der Waals surface area contributed by atoms with Crippen LogP contribution >= 0.6 is 15.9 Å². The molecule has 0 aromatic rings. The summed E-state index contributed by atoms with van der Waals surface area (Å²) in [5.74, 6) is 1.13. The van der Waals surface area contributed by atoms with Crippen molar-refractivity contribution in [1.29, 1.82) is 0 Å². The van der Waals surface area contributed by atoms with E-state index in [4.69, 9.17) is 0 Å². The highest BCUT2D eigenvalue weighted by molar-refractivity contribution is 9.09. The quantitative estimate of drug-likeness (QED) is 0.698. The summed E-state index contributed by atoms with van der Waals surface area (Å²) in [6.45, 7) is 0.823. The van der Waals surface area contributed by atoms with E-state index in [1.807, 2.05) is 11.9 Å². The van der Waals surface area contributed by atoms with Crippen LogP contribution in [0.4, 0.5) is 0 Å². The standard InChI is InChI=1S/C11H20BrNO/c1-13(9-8-12)11(14)7-6-10-4-2-3-5-10/h10H,2-9H2,1H3. The van der Waals surface area contributed by atoms with Crippen LogP contribution < -0.4 is 0 Å². The first kappa shape index (κ1) is 12.0. The minimum absolute atomic E-state index is 0.302. The Balaban J connectivity index is 2.13. The van der Waals surface area contributed by atoms with Crippen molar-refractivity contribution in [3.63, 3.8) is 0 Å². The zero-order valence-corrected chi connectivity index (χ0v) is 10.6. The van der Waals surface area contributed by atoms with Crippen LogP contribution in [0, 0.1) is 5.92 Å². The minimum Gasteiger partial charge on any atom is -0.345 e. The maximum Gasteiger partial charge on any atom is 0.222 e. The molecule has 0 bridgehead atoms. The first-order chi connectivity index (χ1) is 6.74. The first-order valence-electron chi connectivity index (χ1n) is 5.54. The smallest absolute Gasteiger partial charge is 0.222 e. The number of alkyl halides is 1. The third-order valence-corrected chi connectivity index (χ3v) is 3.44. The highest BCUT2D eigenvalue weighted by Gasteiger charge is 2.17. The molecule has 0 saturated heterocycles. The van der Waals surface area contributed by atoms with Gasteiger partial charge in [0.25, 0.3) is 0 Å². The van der Waals surface area contributed by atoms with Crippen molar-refractivity contribution >= 4 is 21.8 Å². The largest absolute Gasteiger partial charge is 0.345 e. The van der Waals surface area contributed by atoms with Gasteiger partial charge in [-0.25, -0.2) is 0 Å². The Labute approximate surface area is 95.2 Å². The van der Waals surface area contributed by atoms with Gasteiger partial charge in [-0.15, -0.1) is 0 Å². The molecule has 1 aliphatic carbocycles. The zero-order chi connectivity index (χ0) is 10.4. The summed E-state index contributed by atoms with van der Waals surface area (Å²) in [5.41, 5.74) is 0. The molecule has 0 N–H and O–H groups in total. The van der Waals surface area contributed by atoms with Gasteiger partial charge in [0, 0.05) is 25.3 Å². The van der Waals surface area contributed by atoms with Crippen molar-refractivity contribution in [2.24, 2.45) is 5.92 Å². The number of hydrogen-bond acceptors (Lipinski definition) is 1. The summed E-state index contributed by atoms with van der Waals surface area (Å²) in [6.07, 6.45) is 7.27. The van der Waals surface area contributed by atoms with Crippen molar-refractivity contribution < 1.29 is 4.79 Å². The van der Waals surface area contributed by atoms with E-state index >= 15 is 0 Å². The third kappa shape index (κ3) is 3.99. The fourth-order valence-corrected chi connectivity index (χ4v) is 2.60. The summed E-state index contributed by atoms with van der Waals surface area (Å²) in [6, 6.07) is 0. The molecule has 3 heteroatoms. The van der Waals surface area contributed by atoms with Gasteiger partial charge in [0.2, 0.25) is 5.91 Å². The summed E-state index contributed by atoms with van der Waals surface area (Å²) in [5, 5.41) is 0.874. The molecule has 0 aromatic heterocycles. The molecule has 0 unspecified atom stereocenters. The van der Waals surface area contributed by atoms with E-state index in [1.165, 1.54) is 25.7 Å². The summed E-state index contributed by atoms with van der Waals surface area (Å²) in [4.78, 5) is 13.4. The van der Waals surface area contributed by atoms with E-state index in [0.29, 0.717) is 5.91 Å². The average molecular weight is 262 g/mol. The van der Waals surface area contributed by atoms with Crippen molar-refractivity contribution in [3.8, 4) is 0 Å². The number of halogens is 1. The summed E-state index contributed by atoms with van der Waals surface area (Å²) in [7, 11) is 1.89. The molecule has 0 spiro atoms. The number of hydrogen-bond donors (Lipinski definition) is 0. The van der Waals surface area contributed by atoms with Crippen LogP contribution in [0.1, 0.15) is 38.5 Å². The van der Waals surface area contributed by atoms with Gasteiger partial charge in [0.05, 0.1) is 0 Å². The van der Waals surface area contributed by atoms with Crippen LogP contribution in [0.3, 0.4) is 0 Å². The molecule has 0 atom stereocenters. The molecule has 1 amide bonds. The summed E-state index contributed by atoms with van der Waals surface area (Å²) < 4.78 is 0. The highest BCUT2D eigenvalue weighted by Crippen LogP contribution is 2.28. The van der Waals surface area contributed by atoms with Crippen LogP contribution in [0.15, 0.2) is 0 Å². The molecule has 1 fully saturated rings. The fraction of sp³-hybridized carbons (Fsp3) is 0.909. The van der Waals surface area contributed by atoms with E-state index in [1.54, 1.807) is 0 Å². The Bertz CT molecular complexity index is 178. The van der Waals surface area contributed by atoms with Gasteiger partial charge in [-0.2, -0.15) is 0 Å². The van der Waals surface area contributed by atoms with Crippen LogP contribution in [-0.4, -0.2) is 29.7 Å². The fourth-order valence-electron chi connectivity index (χ4n) is 2.07. The molecule has 1 aliphatic rings. The summed E-state index contributed by atoms with van der Waals surface area (Å²) >= 11 is 3.34. The van der Waals surface area contributed by atoms with Gasteiger partial charge < -0.3 is 4.90 Å². The van der Waals surface area contributed by atoms with Crippen molar-refractivity contribution in [2.45, 2.75) is 38.5 Å². The van der Waals surface area contributed by atoms with E-state index in [0.717, 1.165) is 30.6 Å². The van der Waals surface area contributed by atoms with Gasteiger partial charge in [-0.3, -0.25) is 4.79 Å². The Kier molecular flexibility index (Phi) is 5.53. The zero-order valence-electron chi connectivity index (χ0n) is 8.97. The topological polar surface area (TPSA) is 20.3 Å². The molecular weight excluding hydrogens is 242 g/mol. The lowest BCUT2D eigenvalue weighted by atomic mass is 10.0. The van der Waals surface area contributed by atoms with Gasteiger partial charge in [-0.1, -0.05) is 41.6 Å². The average Bonchev–Trinajstić information content (AvgIpc) is 2.67. The van der Waals surface area contributed by atoms with E-state index < -0.39 is 0 Å². The first-order valence-corrected chi connectivity index (χ1v) is 6.66. The third-order valence-electron chi connectivity index (χ3n) is 3.09. The second-order valence-electron chi connectivity index (χ2n) is 4.19. The molecule has 0 aliphatic heterocycles. The van der Waals surface area contributed by atoms with Gasteiger partial charge in [0.15, 0.2) is 0 Å². The molecule has 0 heterocycles. The van der Waals surface area contributed by atoms with Gasteiger partial charge in [-0.05, 0) is 12.3 Å². The van der Waals surface area contributed by atoms with E-state index in [2.05, 4.69) is 15.9 Å². The molecule has 1 rings (SSSR count). The van der Waals surface area contributed by atoms with Crippen LogP contribution in [0.2, 0.25) is 0 Å². The lowest BCUT2D eigenvalue weighted by molar-refractivity contribution is -0.129. The Hall–Kier alpha value is -0.0500.